The summed E-state index contributed by atoms with van der Waals surface area (Å²) in [6, 6.07) is 5.80. The molecule has 1 aliphatic carbocycles. The number of thiophene rings is 1. The minimum absolute atomic E-state index is 0.0525. The molecule has 2 heterocycles. The largest absolute Gasteiger partial charge is 0.461 e. The van der Waals surface area contributed by atoms with E-state index in [-0.39, 0.29) is 24.1 Å². The lowest BCUT2D eigenvalue weighted by Crippen LogP contribution is -2.27. The van der Waals surface area contributed by atoms with E-state index in [9.17, 15) is 14.4 Å². The van der Waals surface area contributed by atoms with Crippen LogP contribution in [0.5, 0.6) is 0 Å². The zero-order chi connectivity index (χ0) is 22.1. The number of ether oxygens (including phenoxy) is 1. The summed E-state index contributed by atoms with van der Waals surface area (Å²) in [7, 11) is 0. The number of nitrogens with zero attached hydrogens (tertiary/aromatic N) is 2. The van der Waals surface area contributed by atoms with Gasteiger partial charge in [-0.25, -0.2) is 4.98 Å². The Hall–Kier alpha value is -3.00. The molecule has 0 radical (unpaired) electrons. The molecular formula is C23H25N3O4S. The van der Waals surface area contributed by atoms with E-state index in [1.54, 1.807) is 6.92 Å². The van der Waals surface area contributed by atoms with E-state index >= 15 is 0 Å². The summed E-state index contributed by atoms with van der Waals surface area (Å²) in [5, 5.41) is 3.29. The number of carbonyl (C=O) groups is 2. The van der Waals surface area contributed by atoms with E-state index in [4.69, 9.17) is 4.74 Å². The van der Waals surface area contributed by atoms with Gasteiger partial charge < -0.3 is 10.1 Å². The quantitative estimate of drug-likeness (QED) is 0.604. The Balaban J connectivity index is 1.58. The fraction of sp³-hybridized carbons (Fsp3) is 0.391. The Morgan fingerprint density at radius 2 is 1.97 bits per heavy atom. The van der Waals surface area contributed by atoms with E-state index in [0.717, 1.165) is 42.5 Å². The molecule has 0 unspecified atom stereocenters. The number of hydrogen-bond donors (Lipinski definition) is 1. The van der Waals surface area contributed by atoms with Gasteiger partial charge in [-0.05, 0) is 63.6 Å². The number of aromatic nitrogens is 2. The monoisotopic (exact) mass is 439 g/mol. The maximum absolute atomic E-state index is 13.0. The predicted molar refractivity (Wildman–Crippen MR) is 121 cm³/mol. The summed E-state index contributed by atoms with van der Waals surface area (Å²) in [6.07, 6.45) is 5.17. The molecule has 162 valence electrons. The molecule has 1 saturated carbocycles. The van der Waals surface area contributed by atoms with Gasteiger partial charge in [0.05, 0.1) is 16.6 Å². The highest BCUT2D eigenvalue weighted by atomic mass is 32.1. The van der Waals surface area contributed by atoms with Gasteiger partial charge in [-0.1, -0.05) is 17.7 Å². The highest BCUT2D eigenvalue weighted by molar-refractivity contribution is 7.20. The summed E-state index contributed by atoms with van der Waals surface area (Å²) >= 11 is 1.18. The number of esters is 1. The normalized spacial score (nSPS) is 14.2. The van der Waals surface area contributed by atoms with Gasteiger partial charge >= 0.3 is 5.97 Å². The summed E-state index contributed by atoms with van der Waals surface area (Å²) in [5.74, 6) is -0.713. The van der Waals surface area contributed by atoms with Crippen LogP contribution in [0.1, 0.15) is 52.0 Å². The third kappa shape index (κ3) is 4.39. The van der Waals surface area contributed by atoms with Crippen molar-refractivity contribution in [3.8, 4) is 0 Å². The van der Waals surface area contributed by atoms with Crippen molar-refractivity contribution >= 4 is 39.1 Å². The summed E-state index contributed by atoms with van der Waals surface area (Å²) in [5.41, 5.74) is 3.04. The van der Waals surface area contributed by atoms with Gasteiger partial charge in [-0.3, -0.25) is 19.0 Å². The second-order valence-electron chi connectivity index (χ2n) is 8.08. The molecule has 0 bridgehead atoms. The Morgan fingerprint density at radius 3 is 2.68 bits per heavy atom. The Kier molecular flexibility index (Phi) is 5.91. The van der Waals surface area contributed by atoms with Crippen molar-refractivity contribution in [1.29, 1.82) is 0 Å². The first-order chi connectivity index (χ1) is 14.8. The average Bonchev–Trinajstić information content (AvgIpc) is 3.34. The molecule has 0 aliphatic heterocycles. The predicted octanol–water partition coefficient (Wildman–Crippen LogP) is 4.12. The molecule has 1 fully saturated rings. The van der Waals surface area contributed by atoms with Crippen molar-refractivity contribution in [3.05, 3.63) is 56.4 Å². The van der Waals surface area contributed by atoms with E-state index < -0.39 is 5.97 Å². The van der Waals surface area contributed by atoms with E-state index in [1.165, 1.54) is 22.2 Å². The lowest BCUT2D eigenvalue weighted by molar-refractivity contribution is -0.149. The average molecular weight is 440 g/mol. The van der Waals surface area contributed by atoms with Crippen LogP contribution in [0.2, 0.25) is 0 Å². The number of carbonyl (C=O) groups excluding carboxylic acids is 2. The van der Waals surface area contributed by atoms with Crippen LogP contribution in [0.3, 0.4) is 0 Å². The van der Waals surface area contributed by atoms with Crippen molar-refractivity contribution in [1.82, 2.24) is 9.55 Å². The number of anilines is 1. The first-order valence-corrected chi connectivity index (χ1v) is 11.2. The van der Waals surface area contributed by atoms with Crippen molar-refractivity contribution < 1.29 is 14.3 Å². The molecule has 0 saturated heterocycles. The van der Waals surface area contributed by atoms with Crippen LogP contribution in [-0.4, -0.2) is 27.5 Å². The minimum atomic E-state index is -0.434. The molecule has 1 amide bonds. The summed E-state index contributed by atoms with van der Waals surface area (Å²) < 4.78 is 6.71. The lowest BCUT2D eigenvalue weighted by Gasteiger charge is -2.12. The Morgan fingerprint density at radius 1 is 1.23 bits per heavy atom. The molecule has 7 nitrogen and oxygen atoms in total. The van der Waals surface area contributed by atoms with Gasteiger partial charge in [0, 0.05) is 5.69 Å². The highest BCUT2D eigenvalue weighted by Gasteiger charge is 2.22. The standard InChI is InChI=1S/C23H25N3O4S/c1-13-8-9-17(14(2)10-13)25-21(28)20-15(3)19-22(31-20)24-12-26(23(19)29)11-18(27)30-16-6-4-5-7-16/h8-10,12,16H,4-7,11H2,1-3H3,(H,25,28). The van der Waals surface area contributed by atoms with Crippen LogP contribution < -0.4 is 10.9 Å². The second kappa shape index (κ2) is 8.63. The third-order valence-electron chi connectivity index (χ3n) is 5.65. The smallest absolute Gasteiger partial charge is 0.326 e. The molecular weight excluding hydrogens is 414 g/mol. The van der Waals surface area contributed by atoms with Crippen LogP contribution in [0.25, 0.3) is 10.2 Å². The zero-order valence-corrected chi connectivity index (χ0v) is 18.7. The molecule has 2 aromatic heterocycles. The molecule has 31 heavy (non-hydrogen) atoms. The highest BCUT2D eigenvalue weighted by Crippen LogP contribution is 2.28. The maximum atomic E-state index is 13.0. The van der Waals surface area contributed by atoms with Gasteiger partial charge in [0.25, 0.3) is 11.5 Å². The second-order valence-corrected chi connectivity index (χ2v) is 9.08. The molecule has 4 rings (SSSR count). The number of nitrogens with one attached hydrogen (secondary N) is 1. The number of aryl methyl sites for hydroxylation is 3. The fourth-order valence-corrected chi connectivity index (χ4v) is 5.02. The van der Waals surface area contributed by atoms with Crippen LogP contribution >= 0.6 is 11.3 Å². The Labute approximate surface area is 184 Å². The van der Waals surface area contributed by atoms with Crippen LogP contribution in [0, 0.1) is 20.8 Å². The summed E-state index contributed by atoms with van der Waals surface area (Å²) in [6.45, 7) is 5.48. The topological polar surface area (TPSA) is 90.3 Å². The number of benzene rings is 1. The van der Waals surface area contributed by atoms with Gasteiger partial charge in [0.15, 0.2) is 0 Å². The van der Waals surface area contributed by atoms with E-state index in [0.29, 0.717) is 20.7 Å². The number of hydrogen-bond acceptors (Lipinski definition) is 6. The van der Waals surface area contributed by atoms with E-state index in [2.05, 4.69) is 10.3 Å². The van der Waals surface area contributed by atoms with Crippen molar-refractivity contribution in [3.63, 3.8) is 0 Å². The first-order valence-electron chi connectivity index (χ1n) is 10.4. The minimum Gasteiger partial charge on any atom is -0.461 e. The van der Waals surface area contributed by atoms with Crippen LogP contribution in [-0.2, 0) is 16.1 Å². The van der Waals surface area contributed by atoms with E-state index in [1.807, 2.05) is 32.0 Å². The third-order valence-corrected chi connectivity index (χ3v) is 6.85. The van der Waals surface area contributed by atoms with Crippen LogP contribution in [0.15, 0.2) is 29.3 Å². The first kappa shape index (κ1) is 21.2. The summed E-state index contributed by atoms with van der Waals surface area (Å²) in [4.78, 5) is 43.4. The molecule has 1 N–H and O–H groups in total. The van der Waals surface area contributed by atoms with Gasteiger partial charge in [0.2, 0.25) is 0 Å². The SMILES string of the molecule is Cc1ccc(NC(=O)c2sc3ncn(CC(=O)OC4CCCC4)c(=O)c3c2C)c(C)c1. The fourth-order valence-electron chi connectivity index (χ4n) is 3.99. The van der Waals surface area contributed by atoms with Crippen molar-refractivity contribution in [2.75, 3.05) is 5.32 Å². The molecule has 0 spiro atoms. The number of amides is 1. The molecule has 8 heteroatoms. The van der Waals surface area contributed by atoms with Gasteiger partial charge in [-0.15, -0.1) is 11.3 Å². The van der Waals surface area contributed by atoms with Crippen molar-refractivity contribution in [2.24, 2.45) is 0 Å². The Bertz CT molecular complexity index is 1220. The lowest BCUT2D eigenvalue weighted by atomic mass is 10.1. The van der Waals surface area contributed by atoms with Gasteiger partial charge in [-0.2, -0.15) is 0 Å². The number of fused-ring (bicyclic) bond motifs is 1. The molecule has 1 aliphatic rings. The maximum Gasteiger partial charge on any atom is 0.326 e. The molecule has 3 aromatic rings. The van der Waals surface area contributed by atoms with Gasteiger partial charge in [0.1, 0.15) is 17.5 Å². The molecule has 1 aromatic carbocycles. The van der Waals surface area contributed by atoms with Crippen LogP contribution in [0.4, 0.5) is 5.69 Å². The zero-order valence-electron chi connectivity index (χ0n) is 17.9. The molecule has 0 atom stereocenters. The number of rotatable bonds is 5. The van der Waals surface area contributed by atoms with Crippen molar-refractivity contribution in [2.45, 2.75) is 59.1 Å².